The molecule has 2 aromatic rings. The Morgan fingerprint density at radius 2 is 2.12 bits per heavy atom. The molecule has 3 rings (SSSR count). The first kappa shape index (κ1) is 17.0. The van der Waals surface area contributed by atoms with Crippen molar-refractivity contribution < 1.29 is 0 Å². The van der Waals surface area contributed by atoms with Crippen LogP contribution in [0.3, 0.4) is 0 Å². The van der Waals surface area contributed by atoms with Crippen LogP contribution < -0.4 is 10.6 Å². The topological polar surface area (TPSA) is 49.3 Å². The SMILES string of the molecule is CN=C(NCc1sc(C)nc1C)NCC1CCCc2ccccc21. The van der Waals surface area contributed by atoms with E-state index in [4.69, 9.17) is 0 Å². The number of fused-ring (bicyclic) bond motifs is 1. The molecule has 2 N–H and O–H groups in total. The highest BCUT2D eigenvalue weighted by atomic mass is 32.1. The zero-order valence-electron chi connectivity index (χ0n) is 14.7. The van der Waals surface area contributed by atoms with Gasteiger partial charge in [-0.3, -0.25) is 4.99 Å². The van der Waals surface area contributed by atoms with Gasteiger partial charge in [-0.05, 0) is 44.2 Å². The van der Waals surface area contributed by atoms with Gasteiger partial charge in [-0.25, -0.2) is 4.98 Å². The summed E-state index contributed by atoms with van der Waals surface area (Å²) in [5.41, 5.74) is 4.12. The number of aryl methyl sites for hydroxylation is 3. The van der Waals surface area contributed by atoms with Gasteiger partial charge in [0.1, 0.15) is 0 Å². The molecule has 0 fully saturated rings. The van der Waals surface area contributed by atoms with Crippen molar-refractivity contribution in [3.8, 4) is 0 Å². The van der Waals surface area contributed by atoms with Crippen LogP contribution in [0.1, 0.15) is 45.5 Å². The van der Waals surface area contributed by atoms with E-state index in [1.165, 1.54) is 35.3 Å². The van der Waals surface area contributed by atoms with Crippen LogP contribution in [-0.2, 0) is 13.0 Å². The molecule has 0 saturated carbocycles. The fourth-order valence-corrected chi connectivity index (χ4v) is 4.29. The number of thiazole rings is 1. The average Bonchev–Trinajstić information content (AvgIpc) is 2.92. The molecule has 1 atom stereocenters. The number of benzene rings is 1. The lowest BCUT2D eigenvalue weighted by Gasteiger charge is -2.26. The molecule has 24 heavy (non-hydrogen) atoms. The highest BCUT2D eigenvalue weighted by molar-refractivity contribution is 7.11. The second-order valence-corrected chi connectivity index (χ2v) is 7.62. The van der Waals surface area contributed by atoms with Crippen LogP contribution in [-0.4, -0.2) is 24.5 Å². The molecule has 0 saturated heterocycles. The van der Waals surface area contributed by atoms with Crippen molar-refractivity contribution in [3.05, 3.63) is 51.0 Å². The van der Waals surface area contributed by atoms with Gasteiger partial charge < -0.3 is 10.6 Å². The van der Waals surface area contributed by atoms with E-state index >= 15 is 0 Å². The van der Waals surface area contributed by atoms with Crippen LogP contribution in [0, 0.1) is 13.8 Å². The van der Waals surface area contributed by atoms with Gasteiger partial charge in [-0.1, -0.05) is 24.3 Å². The summed E-state index contributed by atoms with van der Waals surface area (Å²) in [6, 6.07) is 8.84. The molecule has 1 aliphatic carbocycles. The van der Waals surface area contributed by atoms with E-state index in [0.29, 0.717) is 5.92 Å². The van der Waals surface area contributed by atoms with Crippen LogP contribution in [0.25, 0.3) is 0 Å². The van der Waals surface area contributed by atoms with Crippen LogP contribution in [0.15, 0.2) is 29.3 Å². The molecule has 1 unspecified atom stereocenters. The van der Waals surface area contributed by atoms with E-state index in [1.54, 1.807) is 11.3 Å². The Morgan fingerprint density at radius 3 is 2.88 bits per heavy atom. The van der Waals surface area contributed by atoms with E-state index < -0.39 is 0 Å². The molecule has 5 heteroatoms. The molecule has 0 radical (unpaired) electrons. The zero-order chi connectivity index (χ0) is 16.9. The van der Waals surface area contributed by atoms with E-state index in [1.807, 2.05) is 7.05 Å². The molecular formula is C19H26N4S. The molecule has 0 bridgehead atoms. The molecule has 4 nitrogen and oxygen atoms in total. The summed E-state index contributed by atoms with van der Waals surface area (Å²) in [5.74, 6) is 1.43. The van der Waals surface area contributed by atoms with Crippen LogP contribution in [0.2, 0.25) is 0 Å². The number of hydrogen-bond acceptors (Lipinski definition) is 3. The van der Waals surface area contributed by atoms with Crippen molar-refractivity contribution in [3.63, 3.8) is 0 Å². The Bertz CT molecular complexity index is 720. The van der Waals surface area contributed by atoms with Crippen LogP contribution in [0.4, 0.5) is 0 Å². The molecule has 0 spiro atoms. The third-order valence-electron chi connectivity index (χ3n) is 4.65. The Kier molecular flexibility index (Phi) is 5.51. The molecule has 0 aliphatic heterocycles. The number of nitrogens with zero attached hydrogens (tertiary/aromatic N) is 2. The largest absolute Gasteiger partial charge is 0.356 e. The Balaban J connectivity index is 1.56. The molecular weight excluding hydrogens is 316 g/mol. The summed E-state index contributed by atoms with van der Waals surface area (Å²) >= 11 is 1.75. The van der Waals surface area contributed by atoms with Gasteiger partial charge >= 0.3 is 0 Å². The van der Waals surface area contributed by atoms with Gasteiger partial charge in [0.15, 0.2) is 5.96 Å². The molecule has 1 aliphatic rings. The fourth-order valence-electron chi connectivity index (χ4n) is 3.41. The summed E-state index contributed by atoms with van der Waals surface area (Å²) in [6.07, 6.45) is 3.73. The molecule has 1 aromatic heterocycles. The first-order valence-electron chi connectivity index (χ1n) is 8.62. The molecule has 128 valence electrons. The van der Waals surface area contributed by atoms with E-state index in [-0.39, 0.29) is 0 Å². The Hall–Kier alpha value is -1.88. The summed E-state index contributed by atoms with van der Waals surface area (Å²) in [4.78, 5) is 10.1. The minimum atomic E-state index is 0.570. The summed E-state index contributed by atoms with van der Waals surface area (Å²) in [5, 5.41) is 8.03. The van der Waals surface area contributed by atoms with Crippen molar-refractivity contribution in [2.24, 2.45) is 4.99 Å². The predicted octanol–water partition coefficient (Wildman–Crippen LogP) is 3.55. The molecule has 0 amide bonds. The first-order chi connectivity index (χ1) is 11.7. The van der Waals surface area contributed by atoms with Crippen LogP contribution in [0.5, 0.6) is 0 Å². The summed E-state index contributed by atoms with van der Waals surface area (Å²) < 4.78 is 0. The van der Waals surface area contributed by atoms with E-state index in [2.05, 4.69) is 58.7 Å². The maximum Gasteiger partial charge on any atom is 0.191 e. The summed E-state index contributed by atoms with van der Waals surface area (Å²) in [7, 11) is 1.83. The fraction of sp³-hybridized carbons (Fsp3) is 0.474. The highest BCUT2D eigenvalue weighted by Gasteiger charge is 2.19. The third-order valence-corrected chi connectivity index (χ3v) is 5.72. The Labute approximate surface area is 148 Å². The highest BCUT2D eigenvalue weighted by Crippen LogP contribution is 2.30. The van der Waals surface area contributed by atoms with Gasteiger partial charge in [0.25, 0.3) is 0 Å². The second-order valence-electron chi connectivity index (χ2n) is 6.34. The quantitative estimate of drug-likeness (QED) is 0.660. The third kappa shape index (κ3) is 3.96. The number of rotatable bonds is 4. The van der Waals surface area contributed by atoms with Crippen LogP contribution >= 0.6 is 11.3 Å². The minimum Gasteiger partial charge on any atom is -0.356 e. The smallest absolute Gasteiger partial charge is 0.191 e. The maximum atomic E-state index is 4.48. The van der Waals surface area contributed by atoms with Gasteiger partial charge in [0.05, 0.1) is 17.2 Å². The van der Waals surface area contributed by atoms with Gasteiger partial charge in [0.2, 0.25) is 0 Å². The standard InChI is InChI=1S/C19H26N4S/c1-13-18(24-14(2)23-13)12-22-19(20-3)21-11-16-9-6-8-15-7-4-5-10-17(15)16/h4-5,7,10,16H,6,8-9,11-12H2,1-3H3,(H2,20,21,22). The second kappa shape index (κ2) is 7.79. The lowest BCUT2D eigenvalue weighted by molar-refractivity contribution is 0.539. The number of guanidine groups is 1. The maximum absolute atomic E-state index is 4.48. The van der Waals surface area contributed by atoms with Crippen molar-refractivity contribution in [1.82, 2.24) is 15.6 Å². The lowest BCUT2D eigenvalue weighted by atomic mass is 9.83. The van der Waals surface area contributed by atoms with Gasteiger partial charge in [-0.15, -0.1) is 11.3 Å². The monoisotopic (exact) mass is 342 g/mol. The minimum absolute atomic E-state index is 0.570. The number of aromatic nitrogens is 1. The van der Waals surface area contributed by atoms with E-state index in [9.17, 15) is 0 Å². The zero-order valence-corrected chi connectivity index (χ0v) is 15.5. The normalized spacial score (nSPS) is 17.5. The van der Waals surface area contributed by atoms with Crippen molar-refractivity contribution in [1.29, 1.82) is 0 Å². The number of hydrogen-bond donors (Lipinski definition) is 2. The van der Waals surface area contributed by atoms with Crippen molar-refractivity contribution >= 4 is 17.3 Å². The lowest BCUT2D eigenvalue weighted by Crippen LogP contribution is -2.39. The van der Waals surface area contributed by atoms with Crippen molar-refractivity contribution in [2.45, 2.75) is 45.6 Å². The van der Waals surface area contributed by atoms with Gasteiger partial charge in [0, 0.05) is 24.4 Å². The summed E-state index contributed by atoms with van der Waals surface area (Å²) in [6.45, 7) is 5.82. The Morgan fingerprint density at radius 1 is 1.29 bits per heavy atom. The van der Waals surface area contributed by atoms with Crippen molar-refractivity contribution in [2.75, 3.05) is 13.6 Å². The molecule has 1 aromatic carbocycles. The van der Waals surface area contributed by atoms with E-state index in [0.717, 1.165) is 29.8 Å². The molecule has 1 heterocycles. The number of aliphatic imine (C=N–C) groups is 1. The predicted molar refractivity (Wildman–Crippen MR) is 102 cm³/mol. The van der Waals surface area contributed by atoms with Gasteiger partial charge in [-0.2, -0.15) is 0 Å². The average molecular weight is 343 g/mol. The number of nitrogens with one attached hydrogen (secondary N) is 2. The first-order valence-corrected chi connectivity index (χ1v) is 9.44.